The van der Waals surface area contributed by atoms with E-state index in [9.17, 15) is 14.9 Å². The molecule has 1 N–H and O–H groups in total. The number of nitro benzene ring substituents is 1. The molecule has 0 spiro atoms. The summed E-state index contributed by atoms with van der Waals surface area (Å²) in [5.74, 6) is -0.411. The molecule has 1 aromatic heterocycles. The Hall–Kier alpha value is -2.19. The van der Waals surface area contributed by atoms with Crippen LogP contribution >= 0.6 is 23.2 Å². The number of aryl methyl sites for hydroxylation is 1. The Kier molecular flexibility index (Phi) is 3.86. The number of halogens is 2. The van der Waals surface area contributed by atoms with Crippen molar-refractivity contribution < 1.29 is 9.72 Å². The lowest BCUT2D eigenvalue weighted by Gasteiger charge is -2.05. The normalized spacial score (nSPS) is 10.3. The van der Waals surface area contributed by atoms with Crippen LogP contribution in [0.3, 0.4) is 0 Å². The van der Waals surface area contributed by atoms with Gasteiger partial charge in [-0.25, -0.2) is 4.68 Å². The second-order valence-electron chi connectivity index (χ2n) is 3.71. The van der Waals surface area contributed by atoms with Gasteiger partial charge < -0.3 is 0 Å². The van der Waals surface area contributed by atoms with Gasteiger partial charge in [-0.15, -0.1) is 0 Å². The van der Waals surface area contributed by atoms with E-state index in [1.165, 1.54) is 17.1 Å². The lowest BCUT2D eigenvalue weighted by atomic mass is 10.2. The Balaban J connectivity index is 2.36. The third kappa shape index (κ3) is 2.70. The maximum Gasteiger partial charge on any atom is 0.290 e. The number of aromatic nitrogens is 3. The summed E-state index contributed by atoms with van der Waals surface area (Å²) >= 11 is 11.5. The number of benzene rings is 1. The SMILES string of the molecule is Cn1ncnc1NC(=O)c1cc(Cl)c(Cl)c([N+](=O)[O-])c1. The zero-order valence-electron chi connectivity index (χ0n) is 10.0. The smallest absolute Gasteiger partial charge is 0.290 e. The predicted octanol–water partition coefficient (Wildman–Crippen LogP) is 2.28. The molecule has 1 heterocycles. The fourth-order valence-electron chi connectivity index (χ4n) is 1.42. The molecule has 0 saturated heterocycles. The average molecular weight is 316 g/mol. The van der Waals surface area contributed by atoms with E-state index in [1.54, 1.807) is 7.05 Å². The first-order valence-electron chi connectivity index (χ1n) is 5.19. The van der Waals surface area contributed by atoms with E-state index in [0.29, 0.717) is 0 Å². The van der Waals surface area contributed by atoms with Gasteiger partial charge in [-0.3, -0.25) is 20.2 Å². The van der Waals surface area contributed by atoms with Crippen molar-refractivity contribution in [1.82, 2.24) is 14.8 Å². The van der Waals surface area contributed by atoms with Crippen LogP contribution in [0, 0.1) is 10.1 Å². The summed E-state index contributed by atoms with van der Waals surface area (Å²) in [6.07, 6.45) is 1.26. The number of hydrogen-bond acceptors (Lipinski definition) is 5. The highest BCUT2D eigenvalue weighted by Gasteiger charge is 2.20. The van der Waals surface area contributed by atoms with Crippen LogP contribution in [-0.4, -0.2) is 25.6 Å². The largest absolute Gasteiger partial charge is 0.291 e. The van der Waals surface area contributed by atoms with Crippen LogP contribution in [0.5, 0.6) is 0 Å². The third-order valence-electron chi connectivity index (χ3n) is 2.40. The van der Waals surface area contributed by atoms with Gasteiger partial charge in [0.1, 0.15) is 11.3 Å². The number of carbonyl (C=O) groups excluding carboxylic acids is 1. The summed E-state index contributed by atoms with van der Waals surface area (Å²) in [6.45, 7) is 0. The van der Waals surface area contributed by atoms with Gasteiger partial charge in [-0.05, 0) is 6.07 Å². The van der Waals surface area contributed by atoms with Crippen molar-refractivity contribution in [3.8, 4) is 0 Å². The number of anilines is 1. The minimum Gasteiger partial charge on any atom is -0.291 e. The van der Waals surface area contributed by atoms with E-state index in [0.717, 1.165) is 6.07 Å². The number of nitrogens with one attached hydrogen (secondary N) is 1. The van der Waals surface area contributed by atoms with Gasteiger partial charge in [-0.2, -0.15) is 10.1 Å². The molecule has 0 aliphatic carbocycles. The second-order valence-corrected chi connectivity index (χ2v) is 4.49. The number of amides is 1. The third-order valence-corrected chi connectivity index (χ3v) is 3.20. The number of nitrogens with zero attached hydrogens (tertiary/aromatic N) is 4. The summed E-state index contributed by atoms with van der Waals surface area (Å²) in [5.41, 5.74) is -0.448. The van der Waals surface area contributed by atoms with E-state index < -0.39 is 16.5 Å². The molecule has 0 atom stereocenters. The zero-order chi connectivity index (χ0) is 14.9. The van der Waals surface area contributed by atoms with Crippen molar-refractivity contribution in [3.05, 3.63) is 44.2 Å². The van der Waals surface area contributed by atoms with Crippen molar-refractivity contribution in [2.45, 2.75) is 0 Å². The van der Waals surface area contributed by atoms with Gasteiger partial charge in [0, 0.05) is 18.7 Å². The predicted molar refractivity (Wildman–Crippen MR) is 72.1 cm³/mol. The first kappa shape index (κ1) is 14.2. The molecule has 104 valence electrons. The quantitative estimate of drug-likeness (QED) is 0.691. The van der Waals surface area contributed by atoms with E-state index in [4.69, 9.17) is 23.2 Å². The molecule has 0 fully saturated rings. The van der Waals surface area contributed by atoms with Gasteiger partial charge in [0.15, 0.2) is 0 Å². The summed E-state index contributed by atoms with van der Waals surface area (Å²) < 4.78 is 1.34. The van der Waals surface area contributed by atoms with Gasteiger partial charge in [0.05, 0.1) is 9.95 Å². The van der Waals surface area contributed by atoms with Gasteiger partial charge in [0.25, 0.3) is 11.6 Å². The number of carbonyl (C=O) groups is 1. The molecule has 0 radical (unpaired) electrons. The highest BCUT2D eigenvalue weighted by atomic mass is 35.5. The van der Waals surface area contributed by atoms with Gasteiger partial charge in [-0.1, -0.05) is 23.2 Å². The van der Waals surface area contributed by atoms with E-state index in [-0.39, 0.29) is 21.6 Å². The summed E-state index contributed by atoms with van der Waals surface area (Å²) in [7, 11) is 1.58. The van der Waals surface area contributed by atoms with E-state index in [1.807, 2.05) is 0 Å². The molecule has 0 bridgehead atoms. The molecule has 1 aromatic carbocycles. The first-order chi connectivity index (χ1) is 9.40. The van der Waals surface area contributed by atoms with E-state index in [2.05, 4.69) is 15.4 Å². The monoisotopic (exact) mass is 315 g/mol. The Morgan fingerprint density at radius 2 is 2.15 bits per heavy atom. The van der Waals surface area contributed by atoms with Crippen molar-refractivity contribution in [2.75, 3.05) is 5.32 Å². The molecule has 2 aromatic rings. The average Bonchev–Trinajstić information content (AvgIpc) is 2.77. The molecule has 10 heteroatoms. The van der Waals surface area contributed by atoms with E-state index >= 15 is 0 Å². The zero-order valence-corrected chi connectivity index (χ0v) is 11.5. The standard InChI is InChI=1S/C10H7Cl2N5O3/c1-16-10(13-4-14-16)15-9(18)5-2-6(11)8(12)7(3-5)17(19)20/h2-4H,1H3,(H,13,14,15,18). The molecule has 20 heavy (non-hydrogen) atoms. The minimum atomic E-state index is -0.715. The molecule has 0 saturated carbocycles. The lowest BCUT2D eigenvalue weighted by Crippen LogP contribution is -2.15. The molecule has 0 aliphatic heterocycles. The Labute approximate surface area is 122 Å². The Bertz CT molecular complexity index is 700. The molecular weight excluding hydrogens is 309 g/mol. The fourth-order valence-corrected chi connectivity index (χ4v) is 1.81. The molecule has 8 nitrogen and oxygen atoms in total. The summed E-state index contributed by atoms with van der Waals surface area (Å²) in [5, 5.41) is 16.8. The van der Waals surface area contributed by atoms with Crippen molar-refractivity contribution in [2.24, 2.45) is 7.05 Å². The fraction of sp³-hybridized carbons (Fsp3) is 0.100. The van der Waals surface area contributed by atoms with Crippen LogP contribution in [0.15, 0.2) is 18.5 Å². The van der Waals surface area contributed by atoms with Gasteiger partial charge >= 0.3 is 0 Å². The van der Waals surface area contributed by atoms with Crippen LogP contribution in [0.1, 0.15) is 10.4 Å². The van der Waals surface area contributed by atoms with Crippen LogP contribution in [0.2, 0.25) is 10.0 Å². The maximum absolute atomic E-state index is 12.0. The van der Waals surface area contributed by atoms with Crippen molar-refractivity contribution in [1.29, 1.82) is 0 Å². The number of rotatable bonds is 3. The topological polar surface area (TPSA) is 103 Å². The van der Waals surface area contributed by atoms with Gasteiger partial charge in [0.2, 0.25) is 5.95 Å². The Morgan fingerprint density at radius 3 is 2.70 bits per heavy atom. The van der Waals surface area contributed by atoms with Crippen molar-refractivity contribution in [3.63, 3.8) is 0 Å². The van der Waals surface area contributed by atoms with Crippen molar-refractivity contribution >= 4 is 40.7 Å². The number of hydrogen-bond donors (Lipinski definition) is 1. The minimum absolute atomic E-state index is 0.00546. The maximum atomic E-state index is 12.0. The summed E-state index contributed by atoms with van der Waals surface area (Å²) in [4.78, 5) is 25.9. The first-order valence-corrected chi connectivity index (χ1v) is 5.94. The molecule has 0 unspecified atom stereocenters. The molecule has 1 amide bonds. The summed E-state index contributed by atoms with van der Waals surface area (Å²) in [6, 6.07) is 2.28. The van der Waals surface area contributed by atoms with Crippen LogP contribution in [0.4, 0.5) is 11.6 Å². The van der Waals surface area contributed by atoms with Crippen LogP contribution in [-0.2, 0) is 7.05 Å². The molecule has 0 aliphatic rings. The lowest BCUT2D eigenvalue weighted by molar-refractivity contribution is -0.384. The number of nitro groups is 1. The van der Waals surface area contributed by atoms with Crippen LogP contribution < -0.4 is 5.32 Å². The molecule has 2 rings (SSSR count). The van der Waals surface area contributed by atoms with Crippen LogP contribution in [0.25, 0.3) is 0 Å². The Morgan fingerprint density at radius 1 is 1.45 bits per heavy atom. The highest BCUT2D eigenvalue weighted by molar-refractivity contribution is 6.43. The molecular formula is C10H7Cl2N5O3. The second kappa shape index (κ2) is 5.43. The highest BCUT2D eigenvalue weighted by Crippen LogP contribution is 2.33.